The summed E-state index contributed by atoms with van der Waals surface area (Å²) in [6, 6.07) is -0.410. The highest BCUT2D eigenvalue weighted by Gasteiger charge is 2.28. The molecule has 1 aliphatic rings. The van der Waals surface area contributed by atoms with Crippen molar-refractivity contribution < 1.29 is 24.5 Å². The summed E-state index contributed by atoms with van der Waals surface area (Å²) in [5.74, 6) is -1.21. The summed E-state index contributed by atoms with van der Waals surface area (Å²) in [5, 5.41) is 23.3. The number of carbonyl (C=O) groups is 2. The summed E-state index contributed by atoms with van der Waals surface area (Å²) >= 11 is 0. The van der Waals surface area contributed by atoms with Crippen molar-refractivity contribution in [3.8, 4) is 0 Å². The molecule has 7 heteroatoms. The monoisotopic (exact) mass is 246 g/mol. The average Bonchev–Trinajstić information content (AvgIpc) is 2.70. The van der Waals surface area contributed by atoms with Crippen LogP contribution in [-0.2, 0) is 14.3 Å². The van der Waals surface area contributed by atoms with E-state index in [2.05, 4.69) is 10.6 Å². The Balaban J connectivity index is 2.28. The van der Waals surface area contributed by atoms with Crippen LogP contribution in [0.25, 0.3) is 0 Å². The van der Waals surface area contributed by atoms with E-state index in [1.807, 2.05) is 0 Å². The molecule has 1 saturated heterocycles. The van der Waals surface area contributed by atoms with Crippen LogP contribution in [0.15, 0.2) is 0 Å². The number of carboxylic acids is 1. The zero-order valence-corrected chi connectivity index (χ0v) is 9.68. The van der Waals surface area contributed by atoms with E-state index in [9.17, 15) is 14.7 Å². The van der Waals surface area contributed by atoms with Gasteiger partial charge in [-0.1, -0.05) is 0 Å². The quantitative estimate of drug-likeness (QED) is 0.445. The molecule has 0 radical (unpaired) electrons. The predicted octanol–water partition coefficient (Wildman–Crippen LogP) is -1.68. The van der Waals surface area contributed by atoms with Crippen molar-refractivity contribution in [1.82, 2.24) is 10.6 Å². The fraction of sp³-hybridized carbons (Fsp3) is 0.800. The Labute approximate surface area is 99.1 Å². The number of aliphatic hydroxyl groups excluding tert-OH is 1. The maximum absolute atomic E-state index is 11.6. The van der Waals surface area contributed by atoms with Gasteiger partial charge in [0, 0.05) is 20.2 Å². The molecule has 0 spiro atoms. The number of hydrogen-bond donors (Lipinski definition) is 4. The number of rotatable bonds is 6. The summed E-state index contributed by atoms with van der Waals surface area (Å²) < 4.78 is 4.93. The van der Waals surface area contributed by atoms with Crippen LogP contribution in [0, 0.1) is 0 Å². The Morgan fingerprint density at radius 2 is 2.29 bits per heavy atom. The van der Waals surface area contributed by atoms with E-state index in [4.69, 9.17) is 9.84 Å². The topological polar surface area (TPSA) is 108 Å². The molecule has 17 heavy (non-hydrogen) atoms. The van der Waals surface area contributed by atoms with E-state index in [0.29, 0.717) is 13.0 Å². The first-order chi connectivity index (χ1) is 8.02. The van der Waals surface area contributed by atoms with Crippen LogP contribution in [0.4, 0.5) is 0 Å². The molecule has 0 aromatic rings. The number of aliphatic carboxylic acids is 1. The van der Waals surface area contributed by atoms with Gasteiger partial charge in [-0.2, -0.15) is 0 Å². The molecular weight excluding hydrogens is 228 g/mol. The lowest BCUT2D eigenvalue weighted by molar-refractivity contribution is -0.140. The summed E-state index contributed by atoms with van der Waals surface area (Å²) in [6.07, 6.45) is -0.814. The lowest BCUT2D eigenvalue weighted by atomic mass is 10.2. The fourth-order valence-electron chi connectivity index (χ4n) is 1.69. The van der Waals surface area contributed by atoms with E-state index in [0.717, 1.165) is 0 Å². The number of carbonyl (C=O) groups excluding carboxylic acids is 1. The van der Waals surface area contributed by atoms with Crippen molar-refractivity contribution in [2.45, 2.75) is 31.1 Å². The molecule has 1 heterocycles. The SMILES string of the molecule is COC(CNC(=O)C1CC(O)CN1)CC(=O)O. The van der Waals surface area contributed by atoms with Gasteiger partial charge in [-0.3, -0.25) is 9.59 Å². The molecule has 1 rings (SSSR count). The molecular formula is C10H18N2O5. The molecule has 0 aliphatic carbocycles. The van der Waals surface area contributed by atoms with E-state index in [1.165, 1.54) is 7.11 Å². The van der Waals surface area contributed by atoms with Crippen molar-refractivity contribution in [1.29, 1.82) is 0 Å². The van der Waals surface area contributed by atoms with E-state index in [1.54, 1.807) is 0 Å². The number of aliphatic hydroxyl groups is 1. The van der Waals surface area contributed by atoms with Gasteiger partial charge in [-0.25, -0.2) is 0 Å². The van der Waals surface area contributed by atoms with Gasteiger partial charge < -0.3 is 25.6 Å². The Bertz CT molecular complexity index is 284. The molecule has 4 N–H and O–H groups in total. The lowest BCUT2D eigenvalue weighted by Crippen LogP contribution is -2.43. The second-order valence-corrected chi connectivity index (χ2v) is 4.05. The van der Waals surface area contributed by atoms with E-state index >= 15 is 0 Å². The molecule has 0 saturated carbocycles. The Kier molecular flexibility index (Phi) is 5.33. The number of β-amino-alcohol motifs (C(OH)–C–C–N with tert-alkyl or cyclic N) is 1. The van der Waals surface area contributed by atoms with Crippen LogP contribution in [0.1, 0.15) is 12.8 Å². The maximum Gasteiger partial charge on any atom is 0.306 e. The normalized spacial score (nSPS) is 25.5. The molecule has 98 valence electrons. The number of hydrogen-bond acceptors (Lipinski definition) is 5. The first kappa shape index (κ1) is 13.9. The Morgan fingerprint density at radius 3 is 2.76 bits per heavy atom. The number of ether oxygens (including phenoxy) is 1. The third-order valence-electron chi connectivity index (χ3n) is 2.66. The first-order valence-electron chi connectivity index (χ1n) is 5.46. The molecule has 7 nitrogen and oxygen atoms in total. The maximum atomic E-state index is 11.6. The molecule has 3 atom stereocenters. The highest BCUT2D eigenvalue weighted by Crippen LogP contribution is 2.06. The molecule has 1 fully saturated rings. The first-order valence-corrected chi connectivity index (χ1v) is 5.46. The van der Waals surface area contributed by atoms with Crippen LogP contribution >= 0.6 is 0 Å². The average molecular weight is 246 g/mol. The summed E-state index contributed by atoms with van der Waals surface area (Å²) in [5.41, 5.74) is 0. The number of methoxy groups -OCH3 is 1. The number of nitrogens with one attached hydrogen (secondary N) is 2. The van der Waals surface area contributed by atoms with Gasteiger partial charge >= 0.3 is 5.97 Å². The summed E-state index contributed by atoms with van der Waals surface area (Å²) in [4.78, 5) is 22.1. The predicted molar refractivity (Wildman–Crippen MR) is 58.5 cm³/mol. The van der Waals surface area contributed by atoms with E-state index in [-0.39, 0.29) is 18.9 Å². The van der Waals surface area contributed by atoms with Gasteiger partial charge in [0.15, 0.2) is 0 Å². The summed E-state index contributed by atoms with van der Waals surface area (Å²) in [7, 11) is 1.40. The van der Waals surface area contributed by atoms with Crippen LogP contribution in [0.3, 0.4) is 0 Å². The highest BCUT2D eigenvalue weighted by molar-refractivity contribution is 5.82. The van der Waals surface area contributed by atoms with Gasteiger partial charge in [0.1, 0.15) is 0 Å². The zero-order valence-electron chi connectivity index (χ0n) is 9.68. The van der Waals surface area contributed by atoms with Crippen molar-refractivity contribution in [2.24, 2.45) is 0 Å². The van der Waals surface area contributed by atoms with Crippen molar-refractivity contribution in [2.75, 3.05) is 20.2 Å². The van der Waals surface area contributed by atoms with Crippen LogP contribution in [-0.4, -0.2) is 60.5 Å². The van der Waals surface area contributed by atoms with Gasteiger partial charge in [0.05, 0.1) is 24.7 Å². The molecule has 1 amide bonds. The summed E-state index contributed by atoms with van der Waals surface area (Å²) in [6.45, 7) is 0.552. The lowest BCUT2D eigenvalue weighted by Gasteiger charge is -2.16. The second kappa shape index (κ2) is 6.53. The van der Waals surface area contributed by atoms with Crippen LogP contribution in [0.5, 0.6) is 0 Å². The number of amides is 1. The molecule has 1 aliphatic heterocycles. The van der Waals surface area contributed by atoms with Crippen molar-refractivity contribution >= 4 is 11.9 Å². The Hall–Kier alpha value is -1.18. The molecule has 0 bridgehead atoms. The van der Waals surface area contributed by atoms with Gasteiger partial charge in [0.2, 0.25) is 5.91 Å². The van der Waals surface area contributed by atoms with E-state index < -0.39 is 24.2 Å². The van der Waals surface area contributed by atoms with Crippen LogP contribution in [0.2, 0.25) is 0 Å². The van der Waals surface area contributed by atoms with Gasteiger partial charge in [0.25, 0.3) is 0 Å². The largest absolute Gasteiger partial charge is 0.481 e. The fourth-order valence-corrected chi connectivity index (χ4v) is 1.69. The third kappa shape index (κ3) is 4.68. The number of carboxylic acid groups (broad SMARTS) is 1. The third-order valence-corrected chi connectivity index (χ3v) is 2.66. The highest BCUT2D eigenvalue weighted by atomic mass is 16.5. The minimum atomic E-state index is -0.972. The molecule has 0 aromatic heterocycles. The minimum absolute atomic E-state index is 0.149. The minimum Gasteiger partial charge on any atom is -0.481 e. The molecule has 3 unspecified atom stereocenters. The zero-order chi connectivity index (χ0) is 12.8. The van der Waals surface area contributed by atoms with Crippen molar-refractivity contribution in [3.63, 3.8) is 0 Å². The smallest absolute Gasteiger partial charge is 0.306 e. The Morgan fingerprint density at radius 1 is 1.59 bits per heavy atom. The van der Waals surface area contributed by atoms with Gasteiger partial charge in [-0.05, 0) is 6.42 Å². The molecule has 0 aromatic carbocycles. The standard InChI is InChI=1S/C10H18N2O5/c1-17-7(3-9(14)15)5-12-10(16)8-2-6(13)4-11-8/h6-8,11,13H,2-5H2,1H3,(H,12,16)(H,14,15). The second-order valence-electron chi connectivity index (χ2n) is 4.05. The van der Waals surface area contributed by atoms with Crippen LogP contribution < -0.4 is 10.6 Å². The van der Waals surface area contributed by atoms with Crippen molar-refractivity contribution in [3.05, 3.63) is 0 Å². The van der Waals surface area contributed by atoms with Gasteiger partial charge in [-0.15, -0.1) is 0 Å².